The molecule has 32 heavy (non-hydrogen) atoms. The number of nitrogens with zero attached hydrogens (tertiary/aromatic N) is 3. The fourth-order valence-corrected chi connectivity index (χ4v) is 4.05. The zero-order chi connectivity index (χ0) is 22.8. The number of aryl methyl sites for hydroxylation is 1. The third kappa shape index (κ3) is 4.09. The second-order valence-electron chi connectivity index (χ2n) is 7.20. The van der Waals surface area contributed by atoms with Crippen molar-refractivity contribution in [3.63, 3.8) is 0 Å². The first-order valence-corrected chi connectivity index (χ1v) is 10.7. The van der Waals surface area contributed by atoms with Crippen LogP contribution in [0.4, 0.5) is 19.6 Å². The van der Waals surface area contributed by atoms with Crippen LogP contribution in [0.5, 0.6) is 0 Å². The van der Waals surface area contributed by atoms with Gasteiger partial charge in [0.05, 0.1) is 0 Å². The summed E-state index contributed by atoms with van der Waals surface area (Å²) in [5.41, 5.74) is 3.96. The number of hydrogen-bond donors (Lipinski definition) is 1. The molecule has 0 aliphatic heterocycles. The minimum absolute atomic E-state index is 0.526. The lowest BCUT2D eigenvalue weighted by atomic mass is 9.98. The van der Waals surface area contributed by atoms with Crippen molar-refractivity contribution < 1.29 is 13.6 Å². The number of nitrogens with one attached hydrogen (secondary N) is 1. The van der Waals surface area contributed by atoms with Crippen LogP contribution in [-0.2, 0) is 0 Å². The van der Waals surface area contributed by atoms with Crippen LogP contribution >= 0.6 is 11.3 Å². The van der Waals surface area contributed by atoms with Gasteiger partial charge >= 0.3 is 0 Å². The number of carbonyl (C=O) groups is 1. The number of carbonyl (C=O) groups excluding carboxylic acids is 1. The van der Waals surface area contributed by atoms with Crippen LogP contribution in [0.15, 0.2) is 60.7 Å². The maximum Gasteiger partial charge on any atom is 0.263 e. The minimum Gasteiger partial charge on any atom is -0.363 e. The Morgan fingerprint density at radius 2 is 1.62 bits per heavy atom. The monoisotopic (exact) mass is 450 g/mol. The first-order valence-electron chi connectivity index (χ1n) is 9.84. The zero-order valence-electron chi connectivity index (χ0n) is 17.7. The van der Waals surface area contributed by atoms with Gasteiger partial charge in [-0.15, -0.1) is 10.2 Å². The van der Waals surface area contributed by atoms with Crippen LogP contribution in [0, 0.1) is 18.6 Å². The van der Waals surface area contributed by atoms with Crippen LogP contribution < -0.4 is 10.2 Å². The number of anilines is 2. The van der Waals surface area contributed by atoms with E-state index in [1.165, 1.54) is 29.4 Å². The Morgan fingerprint density at radius 3 is 2.25 bits per heavy atom. The van der Waals surface area contributed by atoms with Crippen molar-refractivity contribution in [1.29, 1.82) is 0 Å². The highest BCUT2D eigenvalue weighted by Gasteiger charge is 2.21. The van der Waals surface area contributed by atoms with Crippen LogP contribution in [0.1, 0.15) is 15.9 Å². The molecule has 4 aromatic rings. The molecule has 0 spiro atoms. The summed E-state index contributed by atoms with van der Waals surface area (Å²) < 4.78 is 28.0. The van der Waals surface area contributed by atoms with Crippen LogP contribution in [0.3, 0.4) is 0 Å². The Morgan fingerprint density at radius 1 is 0.969 bits per heavy atom. The average Bonchev–Trinajstić information content (AvgIpc) is 3.28. The quantitative estimate of drug-likeness (QED) is 0.419. The first kappa shape index (κ1) is 21.6. The van der Waals surface area contributed by atoms with Gasteiger partial charge in [-0.2, -0.15) is 0 Å². The third-order valence-corrected chi connectivity index (χ3v) is 6.16. The molecule has 0 aliphatic carbocycles. The van der Waals surface area contributed by atoms with Crippen molar-refractivity contribution in [3.05, 3.63) is 83.4 Å². The highest BCUT2D eigenvalue weighted by Crippen LogP contribution is 2.33. The molecule has 4 rings (SSSR count). The number of hydrogen-bond acceptors (Lipinski definition) is 5. The van der Waals surface area contributed by atoms with Gasteiger partial charge in [-0.05, 0) is 53.9 Å². The summed E-state index contributed by atoms with van der Waals surface area (Å²) in [5, 5.41) is 12.8. The summed E-state index contributed by atoms with van der Waals surface area (Å²) in [6, 6.07) is 16.7. The van der Waals surface area contributed by atoms with Crippen molar-refractivity contribution in [3.8, 4) is 21.7 Å². The van der Waals surface area contributed by atoms with Gasteiger partial charge in [0.1, 0.15) is 22.2 Å². The van der Waals surface area contributed by atoms with Crippen molar-refractivity contribution >= 4 is 28.1 Å². The smallest absolute Gasteiger partial charge is 0.263 e. The van der Waals surface area contributed by atoms with E-state index in [1.807, 2.05) is 37.3 Å². The summed E-state index contributed by atoms with van der Waals surface area (Å²) in [7, 11) is 3.29. The molecule has 0 aliphatic rings. The largest absolute Gasteiger partial charge is 0.363 e. The van der Waals surface area contributed by atoms with Crippen molar-refractivity contribution in [2.45, 2.75) is 6.92 Å². The molecule has 0 saturated heterocycles. The lowest BCUT2D eigenvalue weighted by molar-refractivity contribution is 0.0985. The molecule has 1 aromatic heterocycles. The second-order valence-corrected chi connectivity index (χ2v) is 8.18. The fraction of sp³-hybridized carbons (Fsp3) is 0.125. The van der Waals surface area contributed by atoms with Crippen molar-refractivity contribution in [2.24, 2.45) is 0 Å². The molecule has 1 N–H and O–H groups in total. The molecule has 0 bridgehead atoms. The number of halogens is 2. The molecule has 0 radical (unpaired) electrons. The normalized spacial score (nSPS) is 10.8. The van der Waals surface area contributed by atoms with Crippen LogP contribution in [0.25, 0.3) is 21.7 Å². The SMILES string of the molecule is CNc1nnc(-c2ccc(C)c(-c3ccc(N(C)C(=O)c4c(F)cccc4F)cc3)c2)s1. The van der Waals surface area contributed by atoms with Gasteiger partial charge < -0.3 is 10.2 Å². The van der Waals surface area contributed by atoms with Gasteiger partial charge in [0.25, 0.3) is 5.91 Å². The Balaban J connectivity index is 1.62. The number of rotatable bonds is 5. The topological polar surface area (TPSA) is 58.1 Å². The Bertz CT molecular complexity index is 1270. The summed E-state index contributed by atoms with van der Waals surface area (Å²) in [6.07, 6.45) is 0. The Kier molecular flexibility index (Phi) is 5.96. The summed E-state index contributed by atoms with van der Waals surface area (Å²) in [6.45, 7) is 2.02. The van der Waals surface area contributed by atoms with E-state index in [1.54, 1.807) is 19.2 Å². The van der Waals surface area contributed by atoms with Gasteiger partial charge in [0, 0.05) is 25.3 Å². The lowest BCUT2D eigenvalue weighted by Gasteiger charge is -2.19. The molecule has 0 saturated carbocycles. The van der Waals surface area contributed by atoms with Crippen molar-refractivity contribution in [1.82, 2.24) is 10.2 Å². The second kappa shape index (κ2) is 8.84. The molecule has 1 amide bonds. The van der Waals surface area contributed by atoms with Crippen molar-refractivity contribution in [2.75, 3.05) is 24.3 Å². The lowest BCUT2D eigenvalue weighted by Crippen LogP contribution is -2.28. The van der Waals surface area contributed by atoms with Gasteiger partial charge in [0.15, 0.2) is 0 Å². The molecular formula is C24H20F2N4OS. The van der Waals surface area contributed by atoms with Crippen LogP contribution in [0.2, 0.25) is 0 Å². The third-order valence-electron chi connectivity index (χ3n) is 5.17. The van der Waals surface area contributed by atoms with E-state index in [2.05, 4.69) is 15.5 Å². The fourth-order valence-electron chi connectivity index (χ4n) is 3.36. The maximum atomic E-state index is 14.0. The van der Waals surface area contributed by atoms with Gasteiger partial charge in [-0.25, -0.2) is 8.78 Å². The highest BCUT2D eigenvalue weighted by molar-refractivity contribution is 7.18. The van der Waals surface area contributed by atoms with Gasteiger partial charge in [-0.1, -0.05) is 41.7 Å². The maximum absolute atomic E-state index is 14.0. The van der Waals surface area contributed by atoms with E-state index < -0.39 is 23.1 Å². The predicted molar refractivity (Wildman–Crippen MR) is 124 cm³/mol. The Labute approximate surface area is 188 Å². The first-order chi connectivity index (χ1) is 15.4. The van der Waals surface area contributed by atoms with E-state index in [0.29, 0.717) is 5.69 Å². The minimum atomic E-state index is -0.885. The highest BCUT2D eigenvalue weighted by atomic mass is 32.1. The molecule has 3 aromatic carbocycles. The standard InChI is InChI=1S/C24H20F2N4OS/c1-14-7-8-16(22-28-29-24(27-2)32-22)13-18(14)15-9-11-17(12-10-15)30(3)23(31)21-19(25)5-4-6-20(21)26/h4-13H,1-3H3,(H,27,29). The number of amides is 1. The molecule has 8 heteroatoms. The number of benzene rings is 3. The van der Waals surface area contributed by atoms with E-state index in [-0.39, 0.29) is 0 Å². The summed E-state index contributed by atoms with van der Waals surface area (Å²) in [4.78, 5) is 13.9. The molecule has 5 nitrogen and oxygen atoms in total. The zero-order valence-corrected chi connectivity index (χ0v) is 18.5. The molecule has 0 unspecified atom stereocenters. The van der Waals surface area contributed by atoms with E-state index in [9.17, 15) is 13.6 Å². The van der Waals surface area contributed by atoms with Gasteiger partial charge in [0.2, 0.25) is 5.13 Å². The molecule has 0 atom stereocenters. The van der Waals surface area contributed by atoms with E-state index >= 15 is 0 Å². The summed E-state index contributed by atoms with van der Waals surface area (Å²) in [5.74, 6) is -2.52. The average molecular weight is 451 g/mol. The molecule has 0 fully saturated rings. The van der Waals surface area contributed by atoms with E-state index in [0.717, 1.165) is 44.5 Å². The number of aromatic nitrogens is 2. The summed E-state index contributed by atoms with van der Waals surface area (Å²) >= 11 is 1.47. The van der Waals surface area contributed by atoms with E-state index in [4.69, 9.17) is 0 Å². The van der Waals surface area contributed by atoms with Gasteiger partial charge in [-0.3, -0.25) is 4.79 Å². The molecular weight excluding hydrogens is 430 g/mol. The predicted octanol–water partition coefficient (Wildman–Crippen LogP) is 5.78. The Hall–Kier alpha value is -3.65. The van der Waals surface area contributed by atoms with Crippen LogP contribution in [-0.4, -0.2) is 30.2 Å². The molecule has 162 valence electrons. The molecule has 1 heterocycles.